The van der Waals surface area contributed by atoms with Crippen LogP contribution in [0.3, 0.4) is 0 Å². The molecule has 1 fully saturated rings. The molecule has 0 saturated carbocycles. The van der Waals surface area contributed by atoms with Crippen LogP contribution in [0.5, 0.6) is 5.75 Å². The number of halogens is 3. The zero-order chi connectivity index (χ0) is 19.1. The summed E-state index contributed by atoms with van der Waals surface area (Å²) in [6.45, 7) is 0.472. The molecule has 0 aromatic heterocycles. The maximum absolute atomic E-state index is 12.5. The van der Waals surface area contributed by atoms with Gasteiger partial charge in [0.2, 0.25) is 5.91 Å². The SMILES string of the molecule is CCC(=O)N1CCC(NC(=NC)NCc2cc(Cl)ccc2OC(F)F)C1. The van der Waals surface area contributed by atoms with E-state index < -0.39 is 6.61 Å². The van der Waals surface area contributed by atoms with Gasteiger partial charge in [0.15, 0.2) is 5.96 Å². The van der Waals surface area contributed by atoms with Gasteiger partial charge in [-0.05, 0) is 24.6 Å². The highest BCUT2D eigenvalue weighted by molar-refractivity contribution is 6.30. The summed E-state index contributed by atoms with van der Waals surface area (Å²) in [5.74, 6) is 0.710. The molecule has 6 nitrogen and oxygen atoms in total. The minimum Gasteiger partial charge on any atom is -0.434 e. The number of carbonyl (C=O) groups is 1. The summed E-state index contributed by atoms with van der Waals surface area (Å²) in [6.07, 6.45) is 1.31. The summed E-state index contributed by atoms with van der Waals surface area (Å²) in [6, 6.07) is 4.56. The van der Waals surface area contributed by atoms with Gasteiger partial charge in [-0.3, -0.25) is 9.79 Å². The topological polar surface area (TPSA) is 66.0 Å². The van der Waals surface area contributed by atoms with Gasteiger partial charge in [0.05, 0.1) is 0 Å². The molecule has 144 valence electrons. The molecule has 1 unspecified atom stereocenters. The summed E-state index contributed by atoms with van der Waals surface area (Å²) < 4.78 is 29.6. The third-order valence-corrected chi connectivity index (χ3v) is 4.33. The number of benzene rings is 1. The first-order chi connectivity index (χ1) is 12.4. The van der Waals surface area contributed by atoms with Crippen LogP contribution < -0.4 is 15.4 Å². The van der Waals surface area contributed by atoms with Gasteiger partial charge in [0.25, 0.3) is 0 Å². The zero-order valence-corrected chi connectivity index (χ0v) is 15.5. The van der Waals surface area contributed by atoms with Gasteiger partial charge in [0, 0.05) is 49.7 Å². The van der Waals surface area contributed by atoms with Crippen LogP contribution in [-0.2, 0) is 11.3 Å². The van der Waals surface area contributed by atoms with Crippen molar-refractivity contribution in [1.29, 1.82) is 0 Å². The molecule has 1 amide bonds. The maximum atomic E-state index is 12.5. The van der Waals surface area contributed by atoms with Gasteiger partial charge < -0.3 is 20.3 Å². The van der Waals surface area contributed by atoms with Crippen molar-refractivity contribution in [3.05, 3.63) is 28.8 Å². The summed E-state index contributed by atoms with van der Waals surface area (Å²) in [5.41, 5.74) is 0.495. The third kappa shape index (κ3) is 5.72. The van der Waals surface area contributed by atoms with E-state index in [4.69, 9.17) is 11.6 Å². The van der Waals surface area contributed by atoms with Crippen molar-refractivity contribution in [1.82, 2.24) is 15.5 Å². The summed E-state index contributed by atoms with van der Waals surface area (Å²) >= 11 is 5.95. The summed E-state index contributed by atoms with van der Waals surface area (Å²) in [5, 5.41) is 6.73. The van der Waals surface area contributed by atoms with Crippen molar-refractivity contribution in [3.63, 3.8) is 0 Å². The highest BCUT2D eigenvalue weighted by Crippen LogP contribution is 2.24. The van der Waals surface area contributed by atoms with Gasteiger partial charge in [-0.25, -0.2) is 0 Å². The Hall–Kier alpha value is -2.09. The van der Waals surface area contributed by atoms with E-state index in [0.29, 0.717) is 36.1 Å². The van der Waals surface area contributed by atoms with E-state index in [1.54, 1.807) is 13.1 Å². The molecule has 0 radical (unpaired) electrons. The zero-order valence-electron chi connectivity index (χ0n) is 14.8. The van der Waals surface area contributed by atoms with Crippen LogP contribution in [0, 0.1) is 0 Å². The second-order valence-electron chi connectivity index (χ2n) is 5.88. The predicted octanol–water partition coefficient (Wildman–Crippen LogP) is 2.62. The Morgan fingerprint density at radius 1 is 1.50 bits per heavy atom. The van der Waals surface area contributed by atoms with E-state index >= 15 is 0 Å². The van der Waals surface area contributed by atoms with E-state index in [-0.39, 0.29) is 24.2 Å². The van der Waals surface area contributed by atoms with Gasteiger partial charge in [-0.15, -0.1) is 0 Å². The molecular weight excluding hydrogens is 366 g/mol. The van der Waals surface area contributed by atoms with E-state index in [0.717, 1.165) is 6.42 Å². The lowest BCUT2D eigenvalue weighted by Crippen LogP contribution is -2.44. The predicted molar refractivity (Wildman–Crippen MR) is 96.7 cm³/mol. The van der Waals surface area contributed by atoms with Crippen LogP contribution in [-0.4, -0.2) is 49.6 Å². The number of guanidine groups is 1. The lowest BCUT2D eigenvalue weighted by Gasteiger charge is -2.19. The van der Waals surface area contributed by atoms with Gasteiger partial charge in [-0.2, -0.15) is 8.78 Å². The molecule has 2 rings (SSSR count). The molecule has 0 spiro atoms. The highest BCUT2D eigenvalue weighted by atomic mass is 35.5. The van der Waals surface area contributed by atoms with Gasteiger partial charge in [-0.1, -0.05) is 18.5 Å². The van der Waals surface area contributed by atoms with Crippen molar-refractivity contribution < 1.29 is 18.3 Å². The lowest BCUT2D eigenvalue weighted by atomic mass is 10.2. The third-order valence-electron chi connectivity index (χ3n) is 4.09. The number of nitrogens with one attached hydrogen (secondary N) is 2. The molecule has 1 aromatic rings. The molecule has 1 aromatic carbocycles. The summed E-state index contributed by atoms with van der Waals surface area (Å²) in [7, 11) is 1.62. The number of nitrogens with zero attached hydrogens (tertiary/aromatic N) is 2. The Labute approximate surface area is 156 Å². The minimum absolute atomic E-state index is 0.0629. The Balaban J connectivity index is 1.93. The molecule has 1 heterocycles. The fraction of sp³-hybridized carbons (Fsp3) is 0.529. The molecule has 26 heavy (non-hydrogen) atoms. The highest BCUT2D eigenvalue weighted by Gasteiger charge is 2.25. The number of ether oxygens (including phenoxy) is 1. The van der Waals surface area contributed by atoms with Gasteiger partial charge >= 0.3 is 6.61 Å². The molecule has 1 aliphatic heterocycles. The quantitative estimate of drug-likeness (QED) is 0.580. The van der Waals surface area contributed by atoms with Crippen LogP contribution in [0.15, 0.2) is 23.2 Å². The van der Waals surface area contributed by atoms with Crippen molar-refractivity contribution in [2.45, 2.75) is 39.0 Å². The molecule has 2 N–H and O–H groups in total. The summed E-state index contributed by atoms with van der Waals surface area (Å²) in [4.78, 5) is 17.7. The minimum atomic E-state index is -2.91. The van der Waals surface area contributed by atoms with Crippen LogP contribution in [0.1, 0.15) is 25.3 Å². The number of rotatable bonds is 6. The Bertz CT molecular complexity index is 658. The molecule has 1 aliphatic rings. The van der Waals surface area contributed by atoms with Crippen molar-refractivity contribution in [3.8, 4) is 5.75 Å². The maximum Gasteiger partial charge on any atom is 0.387 e. The van der Waals surface area contributed by atoms with Crippen LogP contribution in [0.25, 0.3) is 0 Å². The van der Waals surface area contributed by atoms with Crippen molar-refractivity contribution in [2.75, 3.05) is 20.1 Å². The monoisotopic (exact) mass is 388 g/mol. The Morgan fingerprint density at radius 3 is 2.92 bits per heavy atom. The molecule has 9 heteroatoms. The number of amides is 1. The number of aliphatic imine (C=N–C) groups is 1. The van der Waals surface area contributed by atoms with E-state index in [2.05, 4.69) is 20.4 Å². The second kappa shape index (κ2) is 9.56. The number of alkyl halides is 2. The first-order valence-electron chi connectivity index (χ1n) is 8.41. The Kier molecular flexibility index (Phi) is 7.44. The van der Waals surface area contributed by atoms with E-state index in [9.17, 15) is 13.6 Å². The number of hydrogen-bond donors (Lipinski definition) is 2. The van der Waals surface area contributed by atoms with Crippen molar-refractivity contribution in [2.24, 2.45) is 4.99 Å². The second-order valence-corrected chi connectivity index (χ2v) is 6.32. The lowest BCUT2D eigenvalue weighted by molar-refractivity contribution is -0.129. The van der Waals surface area contributed by atoms with Crippen molar-refractivity contribution >= 4 is 23.5 Å². The van der Waals surface area contributed by atoms with Crippen LogP contribution >= 0.6 is 11.6 Å². The normalized spacial score (nSPS) is 17.5. The smallest absolute Gasteiger partial charge is 0.387 e. The average molecular weight is 389 g/mol. The average Bonchev–Trinajstić information content (AvgIpc) is 3.08. The van der Waals surface area contributed by atoms with Crippen LogP contribution in [0.4, 0.5) is 8.78 Å². The molecule has 1 atom stereocenters. The standard InChI is InChI=1S/C17H23ClF2N4O2/c1-3-15(25)24-7-6-13(10-24)23-17(21-2)22-9-11-8-12(18)4-5-14(11)26-16(19)20/h4-5,8,13,16H,3,6-7,9-10H2,1-2H3,(H2,21,22,23). The Morgan fingerprint density at radius 2 is 2.27 bits per heavy atom. The molecule has 0 bridgehead atoms. The number of carbonyl (C=O) groups excluding carboxylic acids is 1. The van der Waals surface area contributed by atoms with Crippen LogP contribution in [0.2, 0.25) is 5.02 Å². The van der Waals surface area contributed by atoms with Gasteiger partial charge in [0.1, 0.15) is 5.75 Å². The van der Waals surface area contributed by atoms with E-state index in [1.807, 2.05) is 11.8 Å². The number of hydrogen-bond acceptors (Lipinski definition) is 3. The fourth-order valence-corrected chi connectivity index (χ4v) is 2.99. The fourth-order valence-electron chi connectivity index (χ4n) is 2.79. The number of likely N-dealkylation sites (tertiary alicyclic amines) is 1. The van der Waals surface area contributed by atoms with E-state index in [1.165, 1.54) is 12.1 Å². The first kappa shape index (κ1) is 20.2. The molecule has 1 saturated heterocycles. The first-order valence-corrected chi connectivity index (χ1v) is 8.79. The largest absolute Gasteiger partial charge is 0.434 e. The molecule has 0 aliphatic carbocycles. The molecular formula is C17H23ClF2N4O2.